The predicted octanol–water partition coefficient (Wildman–Crippen LogP) is 5.60. The van der Waals surface area contributed by atoms with Crippen LogP contribution in [0.5, 0.6) is 5.75 Å². The number of allylic oxidation sites excluding steroid dienone is 4. The molecule has 0 aliphatic heterocycles. The Morgan fingerprint density at radius 1 is 1.27 bits per heavy atom. The molecular formula is C26H23N3O4. The topological polar surface area (TPSA) is 90.4 Å². The lowest BCUT2D eigenvalue weighted by molar-refractivity contribution is 0.0699. The smallest absolute Gasteiger partial charge is 0.336 e. The second kappa shape index (κ2) is 8.43. The second-order valence-corrected chi connectivity index (χ2v) is 8.23. The van der Waals surface area contributed by atoms with Gasteiger partial charge in [-0.15, -0.1) is 0 Å². The number of ether oxygens (including phenoxy) is 1. The molecule has 3 heterocycles. The highest BCUT2D eigenvalue weighted by atomic mass is 16.5. The molecule has 0 radical (unpaired) electrons. The third-order valence-corrected chi connectivity index (χ3v) is 5.61. The molecule has 0 saturated carbocycles. The summed E-state index contributed by atoms with van der Waals surface area (Å²) >= 11 is 0. The fourth-order valence-corrected chi connectivity index (χ4v) is 4.10. The summed E-state index contributed by atoms with van der Waals surface area (Å²) in [7, 11) is 0. The van der Waals surface area contributed by atoms with E-state index in [0.717, 1.165) is 23.5 Å². The number of aryl methyl sites for hydroxylation is 1. The number of aromatic nitrogens is 3. The summed E-state index contributed by atoms with van der Waals surface area (Å²) < 4.78 is 13.3. The van der Waals surface area contributed by atoms with Gasteiger partial charge in [0.05, 0.1) is 29.5 Å². The summed E-state index contributed by atoms with van der Waals surface area (Å²) in [6, 6.07) is 12.9. The van der Waals surface area contributed by atoms with Crippen LogP contribution in [0.3, 0.4) is 0 Å². The number of nitrogens with zero attached hydrogens (tertiary/aromatic N) is 3. The van der Waals surface area contributed by atoms with Crippen molar-refractivity contribution in [2.45, 2.75) is 26.8 Å². The van der Waals surface area contributed by atoms with Crippen molar-refractivity contribution in [3.8, 4) is 17.2 Å². The van der Waals surface area contributed by atoms with Crippen LogP contribution in [0.25, 0.3) is 22.5 Å². The summed E-state index contributed by atoms with van der Waals surface area (Å²) in [5.41, 5.74) is 2.69. The van der Waals surface area contributed by atoms with E-state index in [1.54, 1.807) is 23.7 Å². The maximum atomic E-state index is 12.0. The van der Waals surface area contributed by atoms with Crippen molar-refractivity contribution in [3.63, 3.8) is 0 Å². The summed E-state index contributed by atoms with van der Waals surface area (Å²) in [5.74, 6) is 1.61. The van der Waals surface area contributed by atoms with Gasteiger partial charge in [-0.1, -0.05) is 31.2 Å². The Labute approximate surface area is 190 Å². The standard InChI is InChI=1S/C26H23N3O4/c1-16-6-3-8-19(12-16)33-20-9-4-7-18(13-20)15-29-25-24(17(2)28-29)21(26(30)31)14-22(27-25)23-10-5-11-32-23/h3-11,13-14,16H,12,15H2,1-2H3,(H,30,31). The molecule has 1 aliphatic carbocycles. The van der Waals surface area contributed by atoms with Crippen molar-refractivity contribution in [1.29, 1.82) is 0 Å². The Bertz CT molecular complexity index is 1400. The quantitative estimate of drug-likeness (QED) is 0.419. The van der Waals surface area contributed by atoms with Crippen LogP contribution in [0.1, 0.15) is 35.0 Å². The number of carboxylic acid groups (broad SMARTS) is 1. The lowest BCUT2D eigenvalue weighted by Gasteiger charge is -2.16. The molecule has 7 nitrogen and oxygen atoms in total. The van der Waals surface area contributed by atoms with Crippen molar-refractivity contribution >= 4 is 17.0 Å². The minimum atomic E-state index is -1.03. The Morgan fingerprint density at radius 3 is 2.91 bits per heavy atom. The molecule has 166 valence electrons. The summed E-state index contributed by atoms with van der Waals surface area (Å²) in [6.07, 6.45) is 8.57. The first-order chi connectivity index (χ1) is 16.0. The van der Waals surface area contributed by atoms with Gasteiger partial charge in [0.2, 0.25) is 0 Å². The highest BCUT2D eigenvalue weighted by Gasteiger charge is 2.21. The van der Waals surface area contributed by atoms with Crippen LogP contribution in [0, 0.1) is 12.8 Å². The average Bonchev–Trinajstić information content (AvgIpc) is 3.42. The fraction of sp³-hybridized carbons (Fsp3) is 0.192. The number of hydrogen-bond donors (Lipinski definition) is 1. The zero-order valence-corrected chi connectivity index (χ0v) is 18.4. The van der Waals surface area contributed by atoms with Crippen LogP contribution in [0.2, 0.25) is 0 Å². The molecule has 0 spiro atoms. The van der Waals surface area contributed by atoms with E-state index in [-0.39, 0.29) is 5.56 Å². The van der Waals surface area contributed by atoms with Crippen LogP contribution in [-0.2, 0) is 6.54 Å². The van der Waals surface area contributed by atoms with Crippen molar-refractivity contribution in [2.24, 2.45) is 5.92 Å². The molecule has 0 amide bonds. The maximum absolute atomic E-state index is 12.0. The van der Waals surface area contributed by atoms with Gasteiger partial charge in [-0.3, -0.25) is 0 Å². The van der Waals surface area contributed by atoms with Crippen molar-refractivity contribution < 1.29 is 19.1 Å². The molecule has 1 N–H and O–H groups in total. The fourth-order valence-electron chi connectivity index (χ4n) is 4.10. The lowest BCUT2D eigenvalue weighted by Crippen LogP contribution is -2.06. The number of hydrogen-bond acceptors (Lipinski definition) is 5. The molecule has 5 rings (SSSR count). The van der Waals surface area contributed by atoms with Gasteiger partial charge in [0.25, 0.3) is 0 Å². The second-order valence-electron chi connectivity index (χ2n) is 8.23. The van der Waals surface area contributed by atoms with Crippen molar-refractivity contribution in [3.05, 3.63) is 89.5 Å². The molecule has 1 unspecified atom stereocenters. The predicted molar refractivity (Wildman–Crippen MR) is 124 cm³/mol. The zero-order chi connectivity index (χ0) is 22.9. The van der Waals surface area contributed by atoms with E-state index in [0.29, 0.717) is 40.6 Å². The maximum Gasteiger partial charge on any atom is 0.336 e. The van der Waals surface area contributed by atoms with Crippen LogP contribution in [-0.4, -0.2) is 25.8 Å². The first-order valence-corrected chi connectivity index (χ1v) is 10.8. The van der Waals surface area contributed by atoms with Gasteiger partial charge in [0.15, 0.2) is 11.4 Å². The highest BCUT2D eigenvalue weighted by Crippen LogP contribution is 2.29. The molecule has 0 saturated heterocycles. The number of carboxylic acids is 1. The van der Waals surface area contributed by atoms with Crippen LogP contribution in [0.4, 0.5) is 0 Å². The van der Waals surface area contributed by atoms with Gasteiger partial charge < -0.3 is 14.3 Å². The van der Waals surface area contributed by atoms with Crippen LogP contribution >= 0.6 is 0 Å². The van der Waals surface area contributed by atoms with Crippen LogP contribution < -0.4 is 4.74 Å². The number of furan rings is 1. The molecule has 0 fully saturated rings. The molecule has 1 atom stereocenters. The van der Waals surface area contributed by atoms with Gasteiger partial charge in [-0.2, -0.15) is 5.10 Å². The number of aromatic carboxylic acids is 1. The van der Waals surface area contributed by atoms with Gasteiger partial charge in [-0.25, -0.2) is 14.5 Å². The Morgan fingerprint density at radius 2 is 2.15 bits per heavy atom. The first-order valence-electron chi connectivity index (χ1n) is 10.8. The number of fused-ring (bicyclic) bond motifs is 1. The van der Waals surface area contributed by atoms with Gasteiger partial charge >= 0.3 is 5.97 Å². The molecule has 4 aromatic rings. The van der Waals surface area contributed by atoms with E-state index in [1.807, 2.05) is 36.4 Å². The number of pyridine rings is 1. The van der Waals surface area contributed by atoms with Gasteiger partial charge in [0, 0.05) is 6.42 Å². The van der Waals surface area contributed by atoms with E-state index in [2.05, 4.69) is 18.1 Å². The number of carbonyl (C=O) groups is 1. The van der Waals surface area contributed by atoms with E-state index < -0.39 is 5.97 Å². The normalized spacial score (nSPS) is 15.6. The molecule has 0 bridgehead atoms. The van der Waals surface area contributed by atoms with Crippen molar-refractivity contribution in [2.75, 3.05) is 0 Å². The van der Waals surface area contributed by atoms with E-state index in [4.69, 9.17) is 14.1 Å². The van der Waals surface area contributed by atoms with Gasteiger partial charge in [0.1, 0.15) is 17.2 Å². The highest BCUT2D eigenvalue weighted by molar-refractivity contribution is 6.04. The van der Waals surface area contributed by atoms with E-state index in [9.17, 15) is 9.90 Å². The Hall–Kier alpha value is -4.13. The average molecular weight is 441 g/mol. The summed E-state index contributed by atoms with van der Waals surface area (Å²) in [6.45, 7) is 4.37. The largest absolute Gasteiger partial charge is 0.478 e. The SMILES string of the molecule is Cc1nn(Cc2cccc(OC3=CC=CC(C)C3)c2)c2nc(-c3ccco3)cc(C(=O)O)c12. The van der Waals surface area contributed by atoms with E-state index in [1.165, 1.54) is 12.3 Å². The minimum absolute atomic E-state index is 0.152. The molecule has 1 aliphatic rings. The minimum Gasteiger partial charge on any atom is -0.478 e. The number of benzene rings is 1. The summed E-state index contributed by atoms with van der Waals surface area (Å²) in [5, 5.41) is 14.9. The van der Waals surface area contributed by atoms with Crippen LogP contribution in [0.15, 0.2) is 77.1 Å². The zero-order valence-electron chi connectivity index (χ0n) is 18.4. The van der Waals surface area contributed by atoms with Crippen molar-refractivity contribution in [1.82, 2.24) is 14.8 Å². The molecule has 7 heteroatoms. The Kier molecular flexibility index (Phi) is 5.30. The molecule has 1 aromatic carbocycles. The summed E-state index contributed by atoms with van der Waals surface area (Å²) in [4.78, 5) is 16.7. The first kappa shape index (κ1) is 20.8. The third kappa shape index (κ3) is 4.17. The van der Waals surface area contributed by atoms with Gasteiger partial charge in [-0.05, 0) is 54.8 Å². The van der Waals surface area contributed by atoms with E-state index >= 15 is 0 Å². The molecular weight excluding hydrogens is 418 g/mol. The number of rotatable bonds is 6. The lowest BCUT2D eigenvalue weighted by atomic mass is 10.0. The molecule has 33 heavy (non-hydrogen) atoms. The Balaban J connectivity index is 1.51. The molecule has 3 aromatic heterocycles. The third-order valence-electron chi connectivity index (χ3n) is 5.61. The monoisotopic (exact) mass is 441 g/mol.